The summed E-state index contributed by atoms with van der Waals surface area (Å²) >= 11 is 0. The maximum atomic E-state index is 12.3. The molecule has 4 aromatic heterocycles. The first-order valence-electron chi connectivity index (χ1n) is 14.0. The third-order valence-corrected chi connectivity index (χ3v) is 6.84. The van der Waals surface area contributed by atoms with E-state index >= 15 is 0 Å². The highest BCUT2D eigenvalue weighted by Crippen LogP contribution is 2.37. The van der Waals surface area contributed by atoms with E-state index in [0.717, 1.165) is 33.7 Å². The van der Waals surface area contributed by atoms with E-state index in [1.54, 1.807) is 50.0 Å². The van der Waals surface area contributed by atoms with Gasteiger partial charge < -0.3 is 30.0 Å². The van der Waals surface area contributed by atoms with Crippen LogP contribution in [0.25, 0.3) is 22.3 Å². The zero-order valence-electron chi connectivity index (χ0n) is 24.2. The molecule has 0 fully saturated rings. The molecule has 0 radical (unpaired) electrons. The first-order chi connectivity index (χ1) is 21.6. The minimum atomic E-state index is -0.377. The summed E-state index contributed by atoms with van der Waals surface area (Å²) in [5.74, 6) is 1.24. The monoisotopic (exact) mass is 586 g/mol. The van der Waals surface area contributed by atoms with Crippen LogP contribution in [0.4, 0.5) is 28.8 Å². The summed E-state index contributed by atoms with van der Waals surface area (Å²) in [5.41, 5.74) is 5.19. The van der Waals surface area contributed by atoms with Crippen LogP contribution in [0.3, 0.4) is 0 Å². The molecule has 0 unspecified atom stereocenters. The number of methoxy groups -OCH3 is 1. The number of fused-ring (bicyclic) bond motifs is 1. The maximum Gasteiger partial charge on any atom is 0.338 e. The van der Waals surface area contributed by atoms with Gasteiger partial charge in [0.05, 0.1) is 35.4 Å². The second-order valence-electron chi connectivity index (χ2n) is 9.79. The molecule has 0 saturated heterocycles. The van der Waals surface area contributed by atoms with E-state index in [2.05, 4.69) is 30.9 Å². The van der Waals surface area contributed by atoms with Crippen LogP contribution in [-0.4, -0.2) is 50.7 Å². The summed E-state index contributed by atoms with van der Waals surface area (Å²) < 4.78 is 13.2. The van der Waals surface area contributed by atoms with Crippen LogP contribution in [-0.2, 0) is 11.8 Å². The number of aryl methyl sites for hydroxylation is 1. The van der Waals surface area contributed by atoms with Crippen molar-refractivity contribution >= 4 is 45.8 Å². The van der Waals surface area contributed by atoms with Crippen molar-refractivity contribution in [2.75, 3.05) is 36.2 Å². The molecule has 0 aliphatic heterocycles. The molecular weight excluding hydrogens is 556 g/mol. The third kappa shape index (κ3) is 6.26. The van der Waals surface area contributed by atoms with E-state index in [4.69, 9.17) is 14.5 Å². The van der Waals surface area contributed by atoms with Crippen molar-refractivity contribution in [1.29, 1.82) is 0 Å². The Labute approximate surface area is 254 Å². The normalized spacial score (nSPS) is 10.8. The minimum Gasteiger partial charge on any atom is -0.494 e. The van der Waals surface area contributed by atoms with Crippen LogP contribution in [0.15, 0.2) is 104 Å². The van der Waals surface area contributed by atoms with Crippen molar-refractivity contribution in [3.8, 4) is 17.0 Å². The van der Waals surface area contributed by atoms with Gasteiger partial charge in [0.25, 0.3) is 0 Å². The van der Waals surface area contributed by atoms with Gasteiger partial charge in [0.15, 0.2) is 0 Å². The number of hydrogen-bond donors (Lipinski definition) is 3. The molecule has 0 aliphatic rings. The lowest BCUT2D eigenvalue weighted by atomic mass is 10.1. The molecular formula is C33H30N8O3. The molecule has 0 amide bonds. The van der Waals surface area contributed by atoms with Gasteiger partial charge in [0, 0.05) is 55.4 Å². The molecule has 6 rings (SSSR count). The molecule has 11 nitrogen and oxygen atoms in total. The zero-order valence-corrected chi connectivity index (χ0v) is 24.2. The predicted molar refractivity (Wildman–Crippen MR) is 171 cm³/mol. The molecule has 0 saturated carbocycles. The highest BCUT2D eigenvalue weighted by molar-refractivity contribution is 5.93. The quantitative estimate of drug-likeness (QED) is 0.119. The molecule has 0 atom stereocenters. The number of esters is 1. The Kier molecular flexibility index (Phi) is 8.26. The summed E-state index contributed by atoms with van der Waals surface area (Å²) in [6.45, 7) is 0.542. The fraction of sp³-hybridized carbons (Fsp3) is 0.121. The van der Waals surface area contributed by atoms with Gasteiger partial charge in [0.1, 0.15) is 23.8 Å². The Hall–Kier alpha value is -5.97. The van der Waals surface area contributed by atoms with E-state index in [1.807, 2.05) is 72.4 Å². The molecule has 3 N–H and O–H groups in total. The first kappa shape index (κ1) is 28.2. The molecule has 44 heavy (non-hydrogen) atoms. The number of carbonyl (C=O) groups is 1. The number of anilines is 5. The van der Waals surface area contributed by atoms with E-state index in [1.165, 1.54) is 0 Å². The van der Waals surface area contributed by atoms with Crippen molar-refractivity contribution in [3.05, 3.63) is 109 Å². The molecule has 0 spiro atoms. The largest absolute Gasteiger partial charge is 0.494 e. The molecule has 6 aromatic rings. The van der Waals surface area contributed by atoms with Crippen molar-refractivity contribution in [2.45, 2.75) is 0 Å². The number of rotatable bonds is 11. The molecule has 4 heterocycles. The lowest BCUT2D eigenvalue weighted by Gasteiger charge is -2.18. The van der Waals surface area contributed by atoms with Gasteiger partial charge in [-0.3, -0.25) is 0 Å². The summed E-state index contributed by atoms with van der Waals surface area (Å²) in [7, 11) is 3.56. The van der Waals surface area contributed by atoms with E-state index < -0.39 is 0 Å². The second-order valence-corrected chi connectivity index (χ2v) is 9.79. The highest BCUT2D eigenvalue weighted by Gasteiger charge is 2.15. The van der Waals surface area contributed by atoms with Crippen molar-refractivity contribution in [2.24, 2.45) is 7.05 Å². The van der Waals surface area contributed by atoms with Crippen LogP contribution < -0.4 is 20.7 Å². The summed E-state index contributed by atoms with van der Waals surface area (Å²) in [5, 5.41) is 11.0. The van der Waals surface area contributed by atoms with Gasteiger partial charge >= 0.3 is 5.97 Å². The fourth-order valence-corrected chi connectivity index (χ4v) is 4.76. The lowest BCUT2D eigenvalue weighted by molar-refractivity contribution is 0.0520. The number of carbonyl (C=O) groups excluding carboxylic acids is 1. The standard InChI is InChI=1S/C33H30N8O3/c1-41-21-24(23-11-8-15-36-31(23)41)25-13-16-37-33(39-25)40-28-19-27(38-30-12-6-7-14-35-30)26(20-29(28)43-2)34-17-18-44-32(42)22-9-4-3-5-10-22/h3-16,19-21,34H,17-18H2,1-2H3,(H,35,38)(H,37,39,40). The first-order valence-corrected chi connectivity index (χ1v) is 14.0. The van der Waals surface area contributed by atoms with Crippen molar-refractivity contribution in [1.82, 2.24) is 24.5 Å². The fourth-order valence-electron chi connectivity index (χ4n) is 4.76. The molecule has 11 heteroatoms. The molecule has 220 valence electrons. The Bertz CT molecular complexity index is 1890. The van der Waals surface area contributed by atoms with Gasteiger partial charge in [0.2, 0.25) is 5.95 Å². The number of benzene rings is 2. The number of hydrogen-bond acceptors (Lipinski definition) is 10. The topological polar surface area (TPSA) is 128 Å². The van der Waals surface area contributed by atoms with Crippen molar-refractivity contribution in [3.63, 3.8) is 0 Å². The Morgan fingerprint density at radius 3 is 2.50 bits per heavy atom. The van der Waals surface area contributed by atoms with E-state index in [-0.39, 0.29) is 12.6 Å². The smallest absolute Gasteiger partial charge is 0.338 e. The van der Waals surface area contributed by atoms with E-state index in [0.29, 0.717) is 35.3 Å². The van der Waals surface area contributed by atoms with Crippen LogP contribution in [0.5, 0.6) is 5.75 Å². The number of nitrogens with one attached hydrogen (secondary N) is 3. The maximum absolute atomic E-state index is 12.3. The van der Waals surface area contributed by atoms with Crippen LogP contribution in [0.1, 0.15) is 10.4 Å². The highest BCUT2D eigenvalue weighted by atomic mass is 16.5. The molecule has 0 aliphatic carbocycles. The summed E-state index contributed by atoms with van der Waals surface area (Å²) in [6, 6.07) is 24.1. The number of pyridine rings is 2. The van der Waals surface area contributed by atoms with Gasteiger partial charge in [-0.25, -0.2) is 24.7 Å². The zero-order chi connectivity index (χ0) is 30.3. The Balaban J connectivity index is 1.25. The molecule has 0 bridgehead atoms. The Morgan fingerprint density at radius 1 is 0.841 bits per heavy atom. The number of nitrogens with zero attached hydrogens (tertiary/aromatic N) is 5. The average Bonchev–Trinajstić information content (AvgIpc) is 3.41. The van der Waals surface area contributed by atoms with Gasteiger partial charge in [-0.1, -0.05) is 24.3 Å². The van der Waals surface area contributed by atoms with Crippen LogP contribution in [0, 0.1) is 0 Å². The van der Waals surface area contributed by atoms with Crippen LogP contribution >= 0.6 is 0 Å². The van der Waals surface area contributed by atoms with Gasteiger partial charge in [-0.2, -0.15) is 0 Å². The summed E-state index contributed by atoms with van der Waals surface area (Å²) in [6.07, 6.45) is 7.21. The minimum absolute atomic E-state index is 0.170. The number of ether oxygens (including phenoxy) is 2. The van der Waals surface area contributed by atoms with E-state index in [9.17, 15) is 4.79 Å². The number of aromatic nitrogens is 5. The lowest BCUT2D eigenvalue weighted by Crippen LogP contribution is -2.15. The second kappa shape index (κ2) is 12.9. The SMILES string of the molecule is COc1cc(NCCOC(=O)c2ccccc2)c(Nc2ccccn2)cc1Nc1nccc(-c2cn(C)c3ncccc23)n1. The average molecular weight is 587 g/mol. The Morgan fingerprint density at radius 2 is 1.68 bits per heavy atom. The molecule has 2 aromatic carbocycles. The predicted octanol–water partition coefficient (Wildman–Crippen LogP) is 6.19. The van der Waals surface area contributed by atoms with Crippen molar-refractivity contribution < 1.29 is 14.3 Å². The van der Waals surface area contributed by atoms with Gasteiger partial charge in [-0.05, 0) is 48.5 Å². The third-order valence-electron chi connectivity index (χ3n) is 6.84. The van der Waals surface area contributed by atoms with Gasteiger partial charge in [-0.15, -0.1) is 0 Å². The van der Waals surface area contributed by atoms with Crippen LogP contribution in [0.2, 0.25) is 0 Å². The summed E-state index contributed by atoms with van der Waals surface area (Å²) in [4.78, 5) is 30.5.